The minimum absolute atomic E-state index is 0.446. The standard InChI is InChI=1S/C20H21N5O2/c21-14-5-7-18-23-19(13-4-6-15-17(10-13)27-20(26)22-15)16(25(18)11-14)12-24-8-2-1-3-9-24/h4-7,10-11H,1-3,8-9,12,21H2,(H,22,26). The Morgan fingerprint density at radius 3 is 2.85 bits per heavy atom. The van der Waals surface area contributed by atoms with Crippen molar-refractivity contribution in [2.75, 3.05) is 18.8 Å². The summed E-state index contributed by atoms with van der Waals surface area (Å²) >= 11 is 0. The molecule has 0 amide bonds. The van der Waals surface area contributed by atoms with Crippen molar-refractivity contribution in [2.24, 2.45) is 0 Å². The molecule has 27 heavy (non-hydrogen) atoms. The predicted molar refractivity (Wildman–Crippen MR) is 105 cm³/mol. The van der Waals surface area contributed by atoms with E-state index < -0.39 is 5.76 Å². The molecule has 4 aromatic rings. The molecule has 0 atom stereocenters. The molecule has 0 spiro atoms. The van der Waals surface area contributed by atoms with Gasteiger partial charge in [-0.3, -0.25) is 9.88 Å². The molecule has 3 aromatic heterocycles. The Balaban J connectivity index is 1.66. The molecule has 1 aromatic carbocycles. The van der Waals surface area contributed by atoms with Gasteiger partial charge in [-0.05, 0) is 50.2 Å². The highest BCUT2D eigenvalue weighted by molar-refractivity contribution is 5.80. The third kappa shape index (κ3) is 2.90. The van der Waals surface area contributed by atoms with E-state index in [-0.39, 0.29) is 0 Å². The minimum Gasteiger partial charge on any atom is -0.408 e. The number of nitrogens with zero attached hydrogens (tertiary/aromatic N) is 3. The number of nitrogens with one attached hydrogen (secondary N) is 1. The van der Waals surface area contributed by atoms with Crippen molar-refractivity contribution < 1.29 is 4.42 Å². The van der Waals surface area contributed by atoms with E-state index in [0.717, 1.165) is 42.2 Å². The monoisotopic (exact) mass is 363 g/mol. The molecular weight excluding hydrogens is 342 g/mol. The molecule has 7 heteroatoms. The number of pyridine rings is 1. The van der Waals surface area contributed by atoms with Gasteiger partial charge in [0.15, 0.2) is 5.58 Å². The van der Waals surface area contributed by atoms with E-state index in [0.29, 0.717) is 16.8 Å². The zero-order chi connectivity index (χ0) is 18.4. The van der Waals surface area contributed by atoms with Gasteiger partial charge in [-0.15, -0.1) is 0 Å². The first-order valence-electron chi connectivity index (χ1n) is 9.29. The third-order valence-electron chi connectivity index (χ3n) is 5.26. The third-order valence-corrected chi connectivity index (χ3v) is 5.26. The summed E-state index contributed by atoms with van der Waals surface area (Å²) in [7, 11) is 0. The zero-order valence-corrected chi connectivity index (χ0v) is 14.9. The average Bonchev–Trinajstić information content (AvgIpc) is 3.21. The Morgan fingerprint density at radius 2 is 2.00 bits per heavy atom. The van der Waals surface area contributed by atoms with E-state index in [1.165, 1.54) is 19.3 Å². The van der Waals surface area contributed by atoms with Crippen LogP contribution in [0.2, 0.25) is 0 Å². The van der Waals surface area contributed by atoms with Crippen LogP contribution in [0.25, 0.3) is 28.0 Å². The fourth-order valence-electron chi connectivity index (χ4n) is 3.91. The van der Waals surface area contributed by atoms with Gasteiger partial charge in [0.2, 0.25) is 0 Å². The van der Waals surface area contributed by atoms with Crippen molar-refractivity contribution in [3.05, 3.63) is 52.8 Å². The van der Waals surface area contributed by atoms with Crippen LogP contribution in [-0.4, -0.2) is 32.4 Å². The maximum absolute atomic E-state index is 11.5. The second kappa shape index (κ2) is 6.28. The number of nitrogens with two attached hydrogens (primary N) is 1. The van der Waals surface area contributed by atoms with Crippen molar-refractivity contribution in [1.29, 1.82) is 0 Å². The summed E-state index contributed by atoms with van der Waals surface area (Å²) in [5.41, 5.74) is 11.8. The lowest BCUT2D eigenvalue weighted by atomic mass is 10.1. The molecule has 7 nitrogen and oxygen atoms in total. The lowest BCUT2D eigenvalue weighted by molar-refractivity contribution is 0.218. The maximum atomic E-state index is 11.5. The molecule has 1 aliphatic rings. The molecule has 5 rings (SSSR count). The number of fused-ring (bicyclic) bond motifs is 2. The number of H-pyrrole nitrogens is 1. The van der Waals surface area contributed by atoms with Crippen LogP contribution < -0.4 is 11.5 Å². The first kappa shape index (κ1) is 16.1. The molecule has 0 saturated carbocycles. The van der Waals surface area contributed by atoms with Gasteiger partial charge < -0.3 is 14.6 Å². The summed E-state index contributed by atoms with van der Waals surface area (Å²) in [6.45, 7) is 3.01. The van der Waals surface area contributed by atoms with Crippen LogP contribution in [-0.2, 0) is 6.54 Å². The number of imidazole rings is 1. The minimum atomic E-state index is -0.446. The molecule has 0 radical (unpaired) electrons. The summed E-state index contributed by atoms with van der Waals surface area (Å²) in [5, 5.41) is 0. The number of hydrogen-bond donors (Lipinski definition) is 2. The maximum Gasteiger partial charge on any atom is 0.417 e. The highest BCUT2D eigenvalue weighted by atomic mass is 16.4. The fraction of sp³-hybridized carbons (Fsp3) is 0.300. The van der Waals surface area contributed by atoms with Crippen LogP contribution in [0.15, 0.2) is 45.7 Å². The lowest BCUT2D eigenvalue weighted by Gasteiger charge is -2.26. The van der Waals surface area contributed by atoms with Crippen molar-refractivity contribution in [3.63, 3.8) is 0 Å². The smallest absolute Gasteiger partial charge is 0.408 e. The number of hydrogen-bond acceptors (Lipinski definition) is 5. The Labute approximate surface area is 155 Å². The number of anilines is 1. The van der Waals surface area contributed by atoms with Crippen LogP contribution in [0.5, 0.6) is 0 Å². The molecule has 1 aliphatic heterocycles. The largest absolute Gasteiger partial charge is 0.417 e. The predicted octanol–water partition coefficient (Wildman–Crippen LogP) is 3.00. The van der Waals surface area contributed by atoms with E-state index in [1.54, 1.807) is 0 Å². The number of rotatable bonds is 3. The molecule has 0 bridgehead atoms. The number of aromatic nitrogens is 3. The van der Waals surface area contributed by atoms with E-state index in [4.69, 9.17) is 15.1 Å². The van der Waals surface area contributed by atoms with Crippen LogP contribution in [0.1, 0.15) is 25.0 Å². The summed E-state index contributed by atoms with van der Waals surface area (Å²) in [6.07, 6.45) is 5.69. The number of aromatic amines is 1. The normalized spacial score (nSPS) is 15.7. The van der Waals surface area contributed by atoms with Crippen molar-refractivity contribution >= 4 is 22.4 Å². The summed E-state index contributed by atoms with van der Waals surface area (Å²) in [5.74, 6) is -0.446. The SMILES string of the molecule is Nc1ccc2nc(-c3ccc4[nH]c(=O)oc4c3)c(CN3CCCCC3)n2c1. The molecule has 138 valence electrons. The van der Waals surface area contributed by atoms with Gasteiger partial charge in [-0.2, -0.15) is 0 Å². The average molecular weight is 363 g/mol. The Bertz CT molecular complexity index is 1180. The summed E-state index contributed by atoms with van der Waals surface area (Å²) in [6, 6.07) is 9.51. The second-order valence-electron chi connectivity index (χ2n) is 7.16. The van der Waals surface area contributed by atoms with E-state index in [1.807, 2.05) is 36.5 Å². The van der Waals surface area contributed by atoms with Gasteiger partial charge in [-0.1, -0.05) is 12.5 Å². The van der Waals surface area contributed by atoms with E-state index in [2.05, 4.69) is 14.3 Å². The first-order valence-corrected chi connectivity index (χ1v) is 9.29. The van der Waals surface area contributed by atoms with Gasteiger partial charge in [0.25, 0.3) is 0 Å². The lowest BCUT2D eigenvalue weighted by Crippen LogP contribution is -2.29. The van der Waals surface area contributed by atoms with Crippen molar-refractivity contribution in [2.45, 2.75) is 25.8 Å². The number of piperidine rings is 1. The molecule has 4 heterocycles. The topological polar surface area (TPSA) is 92.6 Å². The zero-order valence-electron chi connectivity index (χ0n) is 14.9. The highest BCUT2D eigenvalue weighted by Crippen LogP contribution is 2.29. The van der Waals surface area contributed by atoms with Crippen LogP contribution in [0, 0.1) is 0 Å². The highest BCUT2D eigenvalue weighted by Gasteiger charge is 2.19. The van der Waals surface area contributed by atoms with Crippen LogP contribution in [0.3, 0.4) is 0 Å². The molecule has 3 N–H and O–H groups in total. The van der Waals surface area contributed by atoms with Crippen molar-refractivity contribution in [3.8, 4) is 11.3 Å². The second-order valence-corrected chi connectivity index (χ2v) is 7.16. The molecule has 0 aliphatic carbocycles. The van der Waals surface area contributed by atoms with Gasteiger partial charge in [-0.25, -0.2) is 9.78 Å². The van der Waals surface area contributed by atoms with Crippen LogP contribution in [0.4, 0.5) is 5.69 Å². The van der Waals surface area contributed by atoms with Crippen LogP contribution >= 0.6 is 0 Å². The number of likely N-dealkylation sites (tertiary alicyclic amines) is 1. The number of nitrogen functional groups attached to an aromatic ring is 1. The van der Waals surface area contributed by atoms with Gasteiger partial charge in [0, 0.05) is 24.0 Å². The quantitative estimate of drug-likeness (QED) is 0.584. The Hall–Kier alpha value is -3.06. The van der Waals surface area contributed by atoms with E-state index in [9.17, 15) is 4.79 Å². The molecule has 1 fully saturated rings. The number of benzene rings is 1. The molecule has 1 saturated heterocycles. The summed E-state index contributed by atoms with van der Waals surface area (Å²) < 4.78 is 7.32. The van der Waals surface area contributed by atoms with Crippen molar-refractivity contribution in [1.82, 2.24) is 19.3 Å². The Kier molecular flexibility index (Phi) is 3.75. The number of oxazole rings is 1. The first-order chi connectivity index (χ1) is 13.2. The van der Waals surface area contributed by atoms with Gasteiger partial charge in [0.05, 0.1) is 16.9 Å². The fourth-order valence-corrected chi connectivity index (χ4v) is 3.91. The summed E-state index contributed by atoms with van der Waals surface area (Å²) in [4.78, 5) is 21.5. The molecule has 0 unspecified atom stereocenters. The van der Waals surface area contributed by atoms with Gasteiger partial charge >= 0.3 is 5.76 Å². The van der Waals surface area contributed by atoms with E-state index >= 15 is 0 Å². The Morgan fingerprint density at radius 1 is 1.15 bits per heavy atom. The molecular formula is C20H21N5O2. The van der Waals surface area contributed by atoms with Gasteiger partial charge in [0.1, 0.15) is 5.65 Å².